The summed E-state index contributed by atoms with van der Waals surface area (Å²) in [7, 11) is 1.82. The molecular formula is C12H19N5O2. The zero-order valence-electron chi connectivity index (χ0n) is 11.6. The standard InChI is InChI=1S/C12H19N5O2/c1-5-16-8(6-13-4)14-10-9(16)11(18)15-12(19)17(10)7(2)3/h7,13H,5-6H2,1-4H3,(H,15,18,19). The van der Waals surface area contributed by atoms with Crippen molar-refractivity contribution in [2.24, 2.45) is 0 Å². The Morgan fingerprint density at radius 1 is 1.37 bits per heavy atom. The lowest BCUT2D eigenvalue weighted by Gasteiger charge is -2.09. The van der Waals surface area contributed by atoms with Crippen molar-refractivity contribution in [2.75, 3.05) is 7.05 Å². The van der Waals surface area contributed by atoms with Gasteiger partial charge in [-0.1, -0.05) is 0 Å². The van der Waals surface area contributed by atoms with Gasteiger partial charge in [0.2, 0.25) is 0 Å². The second kappa shape index (κ2) is 5.00. The Morgan fingerprint density at radius 3 is 2.58 bits per heavy atom. The van der Waals surface area contributed by atoms with Gasteiger partial charge in [0.15, 0.2) is 11.2 Å². The van der Waals surface area contributed by atoms with E-state index in [1.807, 2.05) is 32.4 Å². The lowest BCUT2D eigenvalue weighted by atomic mass is 10.3. The van der Waals surface area contributed by atoms with E-state index in [4.69, 9.17) is 0 Å². The van der Waals surface area contributed by atoms with E-state index in [0.29, 0.717) is 24.3 Å². The molecule has 0 unspecified atom stereocenters. The molecule has 0 aliphatic rings. The number of nitrogens with one attached hydrogen (secondary N) is 2. The van der Waals surface area contributed by atoms with Gasteiger partial charge in [-0.05, 0) is 27.8 Å². The highest BCUT2D eigenvalue weighted by Gasteiger charge is 2.18. The Labute approximate surface area is 110 Å². The van der Waals surface area contributed by atoms with Crippen molar-refractivity contribution in [2.45, 2.75) is 39.9 Å². The number of H-pyrrole nitrogens is 1. The Balaban J connectivity index is 2.93. The summed E-state index contributed by atoms with van der Waals surface area (Å²) in [4.78, 5) is 30.7. The lowest BCUT2D eigenvalue weighted by molar-refractivity contribution is 0.579. The summed E-state index contributed by atoms with van der Waals surface area (Å²) in [6, 6.07) is -0.0607. The van der Waals surface area contributed by atoms with Crippen molar-refractivity contribution in [3.05, 3.63) is 26.7 Å². The highest BCUT2D eigenvalue weighted by Crippen LogP contribution is 2.14. The zero-order valence-corrected chi connectivity index (χ0v) is 11.6. The predicted molar refractivity (Wildman–Crippen MR) is 73.4 cm³/mol. The molecule has 0 saturated carbocycles. The maximum atomic E-state index is 12.0. The molecule has 0 spiro atoms. The highest BCUT2D eigenvalue weighted by molar-refractivity contribution is 5.71. The van der Waals surface area contributed by atoms with Crippen LogP contribution < -0.4 is 16.6 Å². The molecule has 2 aromatic heterocycles. The number of aryl methyl sites for hydroxylation is 1. The van der Waals surface area contributed by atoms with E-state index in [-0.39, 0.29) is 11.6 Å². The summed E-state index contributed by atoms with van der Waals surface area (Å²) in [5, 5.41) is 3.02. The molecular weight excluding hydrogens is 246 g/mol. The van der Waals surface area contributed by atoms with Gasteiger partial charge in [-0.2, -0.15) is 0 Å². The summed E-state index contributed by atoms with van der Waals surface area (Å²) in [6.45, 7) is 6.91. The molecule has 0 aromatic carbocycles. The Hall–Kier alpha value is -1.89. The third-order valence-electron chi connectivity index (χ3n) is 3.08. The van der Waals surface area contributed by atoms with Gasteiger partial charge in [0.05, 0.1) is 6.54 Å². The van der Waals surface area contributed by atoms with E-state index in [1.165, 1.54) is 4.57 Å². The molecule has 104 valence electrons. The largest absolute Gasteiger partial charge is 0.330 e. The summed E-state index contributed by atoms with van der Waals surface area (Å²) < 4.78 is 3.35. The van der Waals surface area contributed by atoms with E-state index in [2.05, 4.69) is 15.3 Å². The molecule has 7 nitrogen and oxygen atoms in total. The van der Waals surface area contributed by atoms with Crippen molar-refractivity contribution >= 4 is 11.2 Å². The molecule has 0 fully saturated rings. The zero-order chi connectivity index (χ0) is 14.2. The minimum absolute atomic E-state index is 0.0607. The van der Waals surface area contributed by atoms with Crippen molar-refractivity contribution < 1.29 is 0 Å². The van der Waals surface area contributed by atoms with Crippen LogP contribution in [-0.2, 0) is 13.1 Å². The molecule has 19 heavy (non-hydrogen) atoms. The molecule has 2 aromatic rings. The molecule has 7 heteroatoms. The van der Waals surface area contributed by atoms with Gasteiger partial charge in [0, 0.05) is 12.6 Å². The van der Waals surface area contributed by atoms with E-state index < -0.39 is 5.69 Å². The number of fused-ring (bicyclic) bond motifs is 1. The van der Waals surface area contributed by atoms with Gasteiger partial charge in [-0.15, -0.1) is 0 Å². The normalized spacial score (nSPS) is 11.6. The molecule has 2 heterocycles. The maximum absolute atomic E-state index is 12.0. The van der Waals surface area contributed by atoms with Crippen LogP contribution in [0.25, 0.3) is 11.2 Å². The van der Waals surface area contributed by atoms with Gasteiger partial charge in [-0.25, -0.2) is 9.78 Å². The van der Waals surface area contributed by atoms with Crippen LogP contribution in [0, 0.1) is 0 Å². The van der Waals surface area contributed by atoms with Crippen LogP contribution >= 0.6 is 0 Å². The summed E-state index contributed by atoms with van der Waals surface area (Å²) in [5.41, 5.74) is 0.120. The number of hydrogen-bond donors (Lipinski definition) is 2. The van der Waals surface area contributed by atoms with Crippen LogP contribution in [0.1, 0.15) is 32.6 Å². The maximum Gasteiger partial charge on any atom is 0.330 e. The Bertz CT molecular complexity index is 707. The van der Waals surface area contributed by atoms with E-state index in [9.17, 15) is 9.59 Å². The molecule has 2 N–H and O–H groups in total. The number of rotatable bonds is 4. The lowest BCUT2D eigenvalue weighted by Crippen LogP contribution is -2.32. The molecule has 2 rings (SSSR count). The fourth-order valence-corrected chi connectivity index (χ4v) is 2.30. The molecule has 0 aliphatic carbocycles. The number of nitrogens with zero attached hydrogens (tertiary/aromatic N) is 3. The molecule has 0 radical (unpaired) electrons. The molecule has 0 atom stereocenters. The first-order valence-corrected chi connectivity index (χ1v) is 6.39. The SMILES string of the molecule is CCn1c(CNC)nc2c1c(=O)[nH]c(=O)n2C(C)C. The van der Waals surface area contributed by atoms with Gasteiger partial charge in [-0.3, -0.25) is 14.3 Å². The van der Waals surface area contributed by atoms with Crippen LogP contribution in [0.15, 0.2) is 9.59 Å². The predicted octanol–water partition coefficient (Wildman–Crippen LogP) is 0.206. The third kappa shape index (κ3) is 2.10. The van der Waals surface area contributed by atoms with E-state index >= 15 is 0 Å². The first-order chi connectivity index (χ1) is 9.01. The van der Waals surface area contributed by atoms with Gasteiger partial charge in [0.1, 0.15) is 5.82 Å². The van der Waals surface area contributed by atoms with Crippen LogP contribution in [-0.4, -0.2) is 26.1 Å². The summed E-state index contributed by atoms with van der Waals surface area (Å²) in [6.07, 6.45) is 0. The quantitative estimate of drug-likeness (QED) is 0.827. The van der Waals surface area contributed by atoms with Gasteiger partial charge in [0.25, 0.3) is 5.56 Å². The number of hydrogen-bond acceptors (Lipinski definition) is 4. The number of aromatic amines is 1. The minimum atomic E-state index is -0.413. The van der Waals surface area contributed by atoms with Gasteiger partial charge < -0.3 is 9.88 Å². The molecule has 0 saturated heterocycles. The van der Waals surface area contributed by atoms with Crippen LogP contribution in [0.2, 0.25) is 0 Å². The molecule has 0 bridgehead atoms. The van der Waals surface area contributed by atoms with Crippen LogP contribution in [0.5, 0.6) is 0 Å². The van der Waals surface area contributed by atoms with Gasteiger partial charge >= 0.3 is 5.69 Å². The minimum Gasteiger partial charge on any atom is -0.321 e. The van der Waals surface area contributed by atoms with Crippen molar-refractivity contribution in [3.8, 4) is 0 Å². The summed E-state index contributed by atoms with van der Waals surface area (Å²) in [5.74, 6) is 0.755. The summed E-state index contributed by atoms with van der Waals surface area (Å²) >= 11 is 0. The highest BCUT2D eigenvalue weighted by atomic mass is 16.2. The van der Waals surface area contributed by atoms with Crippen LogP contribution in [0.3, 0.4) is 0 Å². The third-order valence-corrected chi connectivity index (χ3v) is 3.08. The van der Waals surface area contributed by atoms with Crippen molar-refractivity contribution in [3.63, 3.8) is 0 Å². The first-order valence-electron chi connectivity index (χ1n) is 6.39. The number of aromatic nitrogens is 4. The fraction of sp³-hybridized carbons (Fsp3) is 0.583. The smallest absolute Gasteiger partial charge is 0.321 e. The molecule has 0 aliphatic heterocycles. The van der Waals surface area contributed by atoms with E-state index in [1.54, 1.807) is 0 Å². The fourth-order valence-electron chi connectivity index (χ4n) is 2.30. The monoisotopic (exact) mass is 265 g/mol. The van der Waals surface area contributed by atoms with Crippen molar-refractivity contribution in [1.82, 2.24) is 24.4 Å². The number of imidazole rings is 1. The average Bonchev–Trinajstić information content (AvgIpc) is 2.67. The topological polar surface area (TPSA) is 84.7 Å². The first kappa shape index (κ1) is 13.5. The average molecular weight is 265 g/mol. The Morgan fingerprint density at radius 2 is 2.05 bits per heavy atom. The second-order valence-corrected chi connectivity index (χ2v) is 4.70. The van der Waals surface area contributed by atoms with E-state index in [0.717, 1.165) is 5.82 Å². The Kier molecular flexibility index (Phi) is 3.57. The van der Waals surface area contributed by atoms with Crippen molar-refractivity contribution in [1.29, 1.82) is 0 Å². The second-order valence-electron chi connectivity index (χ2n) is 4.70. The van der Waals surface area contributed by atoms with Crippen LogP contribution in [0.4, 0.5) is 0 Å². The molecule has 0 amide bonds.